The summed E-state index contributed by atoms with van der Waals surface area (Å²) in [5.41, 5.74) is 0. The highest BCUT2D eigenvalue weighted by Gasteiger charge is 2.41. The van der Waals surface area contributed by atoms with Crippen LogP contribution >= 0.6 is 0 Å². The first-order valence-corrected chi connectivity index (χ1v) is 6.61. The highest BCUT2D eigenvalue weighted by molar-refractivity contribution is 5.92. The number of halogens is 3. The van der Waals surface area contributed by atoms with E-state index in [9.17, 15) is 32.3 Å². The number of carbonyl (C=O) groups excluding carboxylic acids is 2. The first kappa shape index (κ1) is 20.7. The molecule has 11 heteroatoms. The molecule has 0 aromatic heterocycles. The highest BCUT2D eigenvalue weighted by Crippen LogP contribution is 2.15. The average Bonchev–Trinajstić information content (AvgIpc) is 2.40. The van der Waals surface area contributed by atoms with Crippen molar-refractivity contribution in [3.63, 3.8) is 0 Å². The maximum absolute atomic E-state index is 12.2. The Hall–Kier alpha value is -2.33. The molecule has 0 aromatic rings. The van der Waals surface area contributed by atoms with Gasteiger partial charge in [0, 0.05) is 0 Å². The fraction of sp³-hybridized carbons (Fsp3) is 0.667. The molecule has 0 rings (SSSR count). The second kappa shape index (κ2) is 8.96. The Morgan fingerprint density at radius 1 is 1.04 bits per heavy atom. The van der Waals surface area contributed by atoms with Gasteiger partial charge in [-0.3, -0.25) is 14.4 Å². The number of carboxylic acid groups (broad SMARTS) is 2. The molecule has 0 aromatic carbocycles. The Kier molecular flexibility index (Phi) is 8.05. The molecule has 2 atom stereocenters. The summed E-state index contributed by atoms with van der Waals surface area (Å²) in [5, 5.41) is 20.6. The van der Waals surface area contributed by atoms with E-state index in [4.69, 9.17) is 10.2 Å². The van der Waals surface area contributed by atoms with E-state index in [1.165, 1.54) is 5.32 Å². The Bertz CT molecular complexity index is 466. The summed E-state index contributed by atoms with van der Waals surface area (Å²) in [6, 6.07) is -3.42. The lowest BCUT2D eigenvalue weighted by atomic mass is 10.1. The number of alkyl halides is 3. The van der Waals surface area contributed by atoms with Crippen molar-refractivity contribution in [2.45, 2.75) is 50.9 Å². The van der Waals surface area contributed by atoms with Gasteiger partial charge in [-0.2, -0.15) is 13.2 Å². The van der Waals surface area contributed by atoms with Crippen LogP contribution in [0.2, 0.25) is 0 Å². The predicted molar refractivity (Wildman–Crippen MR) is 69.3 cm³/mol. The highest BCUT2D eigenvalue weighted by atomic mass is 19.4. The summed E-state index contributed by atoms with van der Waals surface area (Å²) in [5.74, 6) is -6.69. The number of carboxylic acids is 2. The summed E-state index contributed by atoms with van der Waals surface area (Å²) >= 11 is 0. The number of carbonyl (C=O) groups is 4. The second-order valence-electron chi connectivity index (χ2n) is 4.66. The minimum absolute atomic E-state index is 0.149. The lowest BCUT2D eigenvalue weighted by molar-refractivity contribution is -0.174. The van der Waals surface area contributed by atoms with E-state index in [1.54, 1.807) is 6.92 Å². The van der Waals surface area contributed by atoms with Crippen molar-refractivity contribution in [3.8, 4) is 0 Å². The molecule has 0 radical (unpaired) electrons. The first-order chi connectivity index (χ1) is 10.5. The van der Waals surface area contributed by atoms with Crippen LogP contribution in [0.25, 0.3) is 0 Å². The fourth-order valence-corrected chi connectivity index (χ4v) is 1.56. The summed E-state index contributed by atoms with van der Waals surface area (Å²) in [7, 11) is 0. The van der Waals surface area contributed by atoms with Gasteiger partial charge < -0.3 is 20.8 Å². The Balaban J connectivity index is 5.00. The maximum Gasteiger partial charge on any atom is 0.471 e. The molecule has 23 heavy (non-hydrogen) atoms. The van der Waals surface area contributed by atoms with E-state index in [0.29, 0.717) is 12.8 Å². The summed E-state index contributed by atoms with van der Waals surface area (Å²) in [6.45, 7) is 1.70. The van der Waals surface area contributed by atoms with E-state index in [1.807, 2.05) is 5.32 Å². The van der Waals surface area contributed by atoms with Crippen LogP contribution in [0, 0.1) is 0 Å². The van der Waals surface area contributed by atoms with Crippen molar-refractivity contribution < 1.29 is 42.6 Å². The standard InChI is InChI=1S/C12H17F3N2O6/c1-2-3-4-6(17-11(23)12(13,14)15)9(20)16-7(10(21)22)5-8(18)19/h6-7H,2-5H2,1H3,(H,16,20)(H,17,23)(H,18,19)(H,21,22)/t6?,7-/m0/s1. The van der Waals surface area contributed by atoms with Crippen LogP contribution in [-0.2, 0) is 19.2 Å². The molecule has 0 heterocycles. The number of hydrogen-bond donors (Lipinski definition) is 4. The minimum atomic E-state index is -5.20. The number of hydrogen-bond acceptors (Lipinski definition) is 4. The molecule has 2 amide bonds. The van der Waals surface area contributed by atoms with Crippen molar-refractivity contribution in [1.82, 2.24) is 10.6 Å². The van der Waals surface area contributed by atoms with Crippen LogP contribution in [0.15, 0.2) is 0 Å². The number of unbranched alkanes of at least 4 members (excludes halogenated alkanes) is 1. The van der Waals surface area contributed by atoms with E-state index >= 15 is 0 Å². The van der Waals surface area contributed by atoms with Crippen molar-refractivity contribution in [1.29, 1.82) is 0 Å². The molecule has 0 aliphatic rings. The summed E-state index contributed by atoms with van der Waals surface area (Å²) < 4.78 is 36.7. The molecule has 0 saturated carbocycles. The number of aliphatic carboxylic acids is 2. The van der Waals surface area contributed by atoms with Crippen molar-refractivity contribution in [2.75, 3.05) is 0 Å². The van der Waals surface area contributed by atoms with Crippen molar-refractivity contribution in [2.24, 2.45) is 0 Å². The lowest BCUT2D eigenvalue weighted by Crippen LogP contribution is -2.54. The van der Waals surface area contributed by atoms with Crippen LogP contribution in [0.3, 0.4) is 0 Å². The summed E-state index contributed by atoms with van der Waals surface area (Å²) in [4.78, 5) is 44.1. The van der Waals surface area contributed by atoms with Gasteiger partial charge in [0.15, 0.2) is 0 Å². The second-order valence-corrected chi connectivity index (χ2v) is 4.66. The van der Waals surface area contributed by atoms with Gasteiger partial charge in [-0.25, -0.2) is 4.79 Å². The van der Waals surface area contributed by atoms with Gasteiger partial charge in [-0.1, -0.05) is 19.8 Å². The zero-order valence-corrected chi connectivity index (χ0v) is 12.1. The molecule has 4 N–H and O–H groups in total. The number of nitrogens with one attached hydrogen (secondary N) is 2. The molecule has 132 valence electrons. The predicted octanol–water partition coefficient (Wildman–Crippen LogP) is 0.268. The monoisotopic (exact) mass is 342 g/mol. The van der Waals surface area contributed by atoms with Crippen LogP contribution in [0.4, 0.5) is 13.2 Å². The molecular formula is C12H17F3N2O6. The van der Waals surface area contributed by atoms with Crippen LogP contribution in [0.1, 0.15) is 32.6 Å². The molecule has 0 spiro atoms. The van der Waals surface area contributed by atoms with E-state index in [-0.39, 0.29) is 6.42 Å². The van der Waals surface area contributed by atoms with Gasteiger partial charge in [0.05, 0.1) is 6.42 Å². The van der Waals surface area contributed by atoms with Crippen molar-refractivity contribution >= 4 is 23.8 Å². The smallest absolute Gasteiger partial charge is 0.471 e. The SMILES string of the molecule is CCCCC(NC(=O)C(F)(F)F)C(=O)N[C@@H](CC(=O)O)C(=O)O. The topological polar surface area (TPSA) is 133 Å². The third kappa shape index (κ3) is 8.02. The molecule has 0 bridgehead atoms. The van der Waals surface area contributed by atoms with Gasteiger partial charge in [0.2, 0.25) is 5.91 Å². The molecule has 0 fully saturated rings. The van der Waals surface area contributed by atoms with Gasteiger partial charge in [0.25, 0.3) is 0 Å². The third-order valence-corrected chi connectivity index (χ3v) is 2.72. The molecule has 0 aliphatic heterocycles. The molecular weight excluding hydrogens is 325 g/mol. The largest absolute Gasteiger partial charge is 0.481 e. The quantitative estimate of drug-likeness (QED) is 0.475. The van der Waals surface area contributed by atoms with E-state index in [2.05, 4.69) is 0 Å². The Morgan fingerprint density at radius 3 is 2.00 bits per heavy atom. The first-order valence-electron chi connectivity index (χ1n) is 6.61. The Morgan fingerprint density at radius 2 is 1.61 bits per heavy atom. The average molecular weight is 342 g/mol. The molecule has 0 saturated heterocycles. The number of rotatable bonds is 9. The Labute approximate surface area is 129 Å². The van der Waals surface area contributed by atoms with Crippen molar-refractivity contribution in [3.05, 3.63) is 0 Å². The lowest BCUT2D eigenvalue weighted by Gasteiger charge is -2.21. The number of amides is 2. The maximum atomic E-state index is 12.2. The van der Waals surface area contributed by atoms with Crippen LogP contribution in [-0.4, -0.2) is 52.2 Å². The van der Waals surface area contributed by atoms with E-state index < -0.39 is 48.4 Å². The zero-order chi connectivity index (χ0) is 18.2. The third-order valence-electron chi connectivity index (χ3n) is 2.72. The van der Waals surface area contributed by atoms with Crippen LogP contribution < -0.4 is 10.6 Å². The molecule has 1 unspecified atom stereocenters. The minimum Gasteiger partial charge on any atom is -0.481 e. The van der Waals surface area contributed by atoms with Gasteiger partial charge >= 0.3 is 24.0 Å². The van der Waals surface area contributed by atoms with Crippen LogP contribution in [0.5, 0.6) is 0 Å². The molecule has 0 aliphatic carbocycles. The summed E-state index contributed by atoms with van der Waals surface area (Å²) in [6.07, 6.45) is -5.48. The normalized spacial score (nSPS) is 13.7. The van der Waals surface area contributed by atoms with Gasteiger partial charge in [-0.15, -0.1) is 0 Å². The van der Waals surface area contributed by atoms with E-state index in [0.717, 1.165) is 0 Å². The zero-order valence-electron chi connectivity index (χ0n) is 12.1. The van der Waals surface area contributed by atoms with Gasteiger partial charge in [-0.05, 0) is 6.42 Å². The van der Waals surface area contributed by atoms with Gasteiger partial charge in [0.1, 0.15) is 12.1 Å². The fourth-order valence-electron chi connectivity index (χ4n) is 1.56. The molecule has 8 nitrogen and oxygen atoms in total.